The van der Waals surface area contributed by atoms with Gasteiger partial charge in [-0.2, -0.15) is 5.90 Å². The number of ether oxygens (including phenoxy) is 1. The van der Waals surface area contributed by atoms with E-state index in [2.05, 4.69) is 28.4 Å². The van der Waals surface area contributed by atoms with Crippen molar-refractivity contribution in [3.05, 3.63) is 84.4 Å². The van der Waals surface area contributed by atoms with Crippen LogP contribution >= 0.6 is 0 Å². The third-order valence-electron chi connectivity index (χ3n) is 6.37. The Hall–Kier alpha value is -3.78. The van der Waals surface area contributed by atoms with Crippen LogP contribution in [0.3, 0.4) is 0 Å². The molecular weight excluding hydrogens is 444 g/mol. The molecule has 0 atom stereocenters. The van der Waals surface area contributed by atoms with Crippen LogP contribution < -0.4 is 20.9 Å². The van der Waals surface area contributed by atoms with E-state index < -0.39 is 5.97 Å². The zero-order chi connectivity index (χ0) is 24.8. The molecule has 2 heterocycles. The van der Waals surface area contributed by atoms with Gasteiger partial charge in [-0.05, 0) is 73.6 Å². The molecule has 1 aliphatic carbocycles. The Labute approximate surface area is 205 Å². The van der Waals surface area contributed by atoms with Crippen LogP contribution in [-0.2, 0) is 4.84 Å². The van der Waals surface area contributed by atoms with Gasteiger partial charge < -0.3 is 24.9 Å². The molecule has 1 aliphatic heterocycles. The minimum Gasteiger partial charge on any atom is -0.493 e. The van der Waals surface area contributed by atoms with Gasteiger partial charge in [0.05, 0.1) is 24.1 Å². The second-order valence-corrected chi connectivity index (χ2v) is 9.05. The summed E-state index contributed by atoms with van der Waals surface area (Å²) in [6.07, 6.45) is 7.78. The van der Waals surface area contributed by atoms with Crippen molar-refractivity contribution in [2.45, 2.75) is 25.7 Å². The van der Waals surface area contributed by atoms with E-state index in [1.165, 1.54) is 0 Å². The van der Waals surface area contributed by atoms with Crippen LogP contribution in [0.25, 0.3) is 0 Å². The van der Waals surface area contributed by atoms with Gasteiger partial charge in [-0.25, -0.2) is 9.78 Å². The number of nitrogens with zero attached hydrogens (tertiary/aromatic N) is 2. The SMILES string of the molecule is C=C(/C=C(\ON)C1CC1)C(=C)Nc1ccc(N2CCC(COc3cccc(C(=O)O)c3)CC2)nc1. The van der Waals surface area contributed by atoms with Crippen LogP contribution in [0, 0.1) is 11.8 Å². The maximum absolute atomic E-state index is 11.1. The lowest BCUT2D eigenvalue weighted by atomic mass is 9.98. The molecule has 2 aromatic rings. The van der Waals surface area contributed by atoms with Gasteiger partial charge in [-0.15, -0.1) is 0 Å². The summed E-state index contributed by atoms with van der Waals surface area (Å²) in [5.74, 6) is 7.50. The molecule has 0 unspecified atom stereocenters. The lowest BCUT2D eigenvalue weighted by Crippen LogP contribution is -2.36. The molecule has 184 valence electrons. The normalized spacial score (nSPS) is 16.5. The monoisotopic (exact) mass is 476 g/mol. The van der Waals surface area contributed by atoms with Gasteiger partial charge in [0.1, 0.15) is 17.3 Å². The van der Waals surface area contributed by atoms with Gasteiger partial charge in [-0.3, -0.25) is 0 Å². The summed E-state index contributed by atoms with van der Waals surface area (Å²) in [6.45, 7) is 10.5. The van der Waals surface area contributed by atoms with Gasteiger partial charge in [0.2, 0.25) is 0 Å². The van der Waals surface area contributed by atoms with Crippen LogP contribution in [-0.4, -0.2) is 35.8 Å². The zero-order valence-corrected chi connectivity index (χ0v) is 19.8. The number of carboxylic acids is 1. The van der Waals surface area contributed by atoms with Crippen LogP contribution in [0.15, 0.2) is 78.9 Å². The van der Waals surface area contributed by atoms with Crippen molar-refractivity contribution in [1.82, 2.24) is 4.98 Å². The first-order valence-corrected chi connectivity index (χ1v) is 11.8. The minimum atomic E-state index is -0.951. The van der Waals surface area contributed by atoms with Crippen molar-refractivity contribution >= 4 is 17.5 Å². The molecule has 4 rings (SSSR count). The van der Waals surface area contributed by atoms with E-state index in [0.29, 0.717) is 29.9 Å². The molecule has 35 heavy (non-hydrogen) atoms. The van der Waals surface area contributed by atoms with Crippen LogP contribution in [0.1, 0.15) is 36.0 Å². The molecule has 8 heteroatoms. The fraction of sp³-hybridized carbons (Fsp3) is 0.333. The largest absolute Gasteiger partial charge is 0.493 e. The van der Waals surface area contributed by atoms with Gasteiger partial charge in [0.25, 0.3) is 0 Å². The Balaban J connectivity index is 1.23. The summed E-state index contributed by atoms with van der Waals surface area (Å²) < 4.78 is 5.86. The Bertz CT molecular complexity index is 1100. The highest BCUT2D eigenvalue weighted by Crippen LogP contribution is 2.37. The number of benzene rings is 1. The molecule has 1 aromatic carbocycles. The van der Waals surface area contributed by atoms with E-state index in [-0.39, 0.29) is 5.56 Å². The van der Waals surface area contributed by atoms with E-state index in [1.807, 2.05) is 18.2 Å². The molecule has 0 spiro atoms. The molecule has 2 aliphatic rings. The smallest absolute Gasteiger partial charge is 0.335 e. The maximum Gasteiger partial charge on any atom is 0.335 e. The van der Waals surface area contributed by atoms with Crippen LogP contribution in [0.5, 0.6) is 5.75 Å². The fourth-order valence-corrected chi connectivity index (χ4v) is 4.04. The van der Waals surface area contributed by atoms with Crippen molar-refractivity contribution in [2.75, 3.05) is 29.9 Å². The van der Waals surface area contributed by atoms with Crippen molar-refractivity contribution < 1.29 is 19.5 Å². The summed E-state index contributed by atoms with van der Waals surface area (Å²) in [5, 5.41) is 12.4. The summed E-state index contributed by atoms with van der Waals surface area (Å²) in [7, 11) is 0. The molecule has 0 amide bonds. The molecule has 1 saturated carbocycles. The number of hydrogen-bond acceptors (Lipinski definition) is 7. The predicted octanol–water partition coefficient (Wildman–Crippen LogP) is 4.74. The van der Waals surface area contributed by atoms with Crippen molar-refractivity contribution in [1.29, 1.82) is 0 Å². The van der Waals surface area contributed by atoms with E-state index >= 15 is 0 Å². The highest BCUT2D eigenvalue weighted by Gasteiger charge is 2.27. The number of hydrogen-bond donors (Lipinski definition) is 3. The van der Waals surface area contributed by atoms with Crippen LogP contribution in [0.2, 0.25) is 0 Å². The third kappa shape index (κ3) is 6.64. The summed E-state index contributed by atoms with van der Waals surface area (Å²) >= 11 is 0. The first-order valence-electron chi connectivity index (χ1n) is 11.8. The number of carboxylic acid groups (broad SMARTS) is 1. The Kier molecular flexibility index (Phi) is 7.72. The molecule has 1 saturated heterocycles. The molecule has 8 nitrogen and oxygen atoms in total. The molecule has 1 aromatic heterocycles. The third-order valence-corrected chi connectivity index (χ3v) is 6.37. The topological polar surface area (TPSA) is 110 Å². The number of rotatable bonds is 11. The minimum absolute atomic E-state index is 0.235. The maximum atomic E-state index is 11.1. The second-order valence-electron chi connectivity index (χ2n) is 9.05. The summed E-state index contributed by atoms with van der Waals surface area (Å²) in [5.41, 5.74) is 2.46. The molecular formula is C27H32N4O4. The average molecular weight is 477 g/mol. The second kappa shape index (κ2) is 11.1. The lowest BCUT2D eigenvalue weighted by Gasteiger charge is -2.32. The number of piperidine rings is 1. The summed E-state index contributed by atoms with van der Waals surface area (Å²) in [6, 6.07) is 10.6. The molecule has 2 fully saturated rings. The number of anilines is 2. The number of aromatic carboxylic acids is 1. The number of pyridine rings is 1. The first-order chi connectivity index (χ1) is 16.9. The number of carbonyl (C=O) groups is 1. The highest BCUT2D eigenvalue weighted by molar-refractivity contribution is 5.88. The zero-order valence-electron chi connectivity index (χ0n) is 19.8. The Morgan fingerprint density at radius 3 is 2.60 bits per heavy atom. The van der Waals surface area contributed by atoms with Crippen molar-refractivity contribution in [3.8, 4) is 5.75 Å². The van der Waals surface area contributed by atoms with Gasteiger partial charge in [0, 0.05) is 24.7 Å². The number of aromatic nitrogens is 1. The Morgan fingerprint density at radius 2 is 1.97 bits per heavy atom. The van der Waals surface area contributed by atoms with E-state index in [1.54, 1.807) is 30.5 Å². The number of allylic oxidation sites excluding steroid dienone is 2. The predicted molar refractivity (Wildman–Crippen MR) is 136 cm³/mol. The van der Waals surface area contributed by atoms with Crippen LogP contribution in [0.4, 0.5) is 11.5 Å². The highest BCUT2D eigenvalue weighted by atomic mass is 16.6. The van der Waals surface area contributed by atoms with E-state index in [4.69, 9.17) is 20.6 Å². The van der Waals surface area contributed by atoms with Gasteiger partial charge in [0.15, 0.2) is 0 Å². The van der Waals surface area contributed by atoms with Crippen molar-refractivity contribution in [3.63, 3.8) is 0 Å². The van der Waals surface area contributed by atoms with E-state index in [0.717, 1.165) is 61.6 Å². The first kappa shape index (κ1) is 24.3. The Morgan fingerprint density at radius 1 is 1.20 bits per heavy atom. The fourth-order valence-electron chi connectivity index (χ4n) is 4.04. The standard InChI is InChI=1S/C27H32N4O4/c1-18(14-25(35-28)21-6-7-21)19(2)30-23-8-9-26(29-16-23)31-12-10-20(11-13-31)17-34-24-5-3-4-22(15-24)27(32)33/h3-5,8-9,14-16,20-21,30H,1-2,6-7,10-13,17,28H2,(H,32,33)/b25-14-. The number of nitrogens with two attached hydrogens (primary N) is 1. The van der Waals surface area contributed by atoms with Gasteiger partial charge >= 0.3 is 5.97 Å². The molecule has 0 bridgehead atoms. The van der Waals surface area contributed by atoms with Gasteiger partial charge in [-0.1, -0.05) is 19.2 Å². The molecule has 4 N–H and O–H groups in total. The number of nitrogens with one attached hydrogen (secondary N) is 1. The average Bonchev–Trinajstić information content (AvgIpc) is 3.72. The van der Waals surface area contributed by atoms with Crippen molar-refractivity contribution in [2.24, 2.45) is 17.7 Å². The summed E-state index contributed by atoms with van der Waals surface area (Å²) in [4.78, 5) is 23.0. The molecule has 0 radical (unpaired) electrons. The quantitative estimate of drug-likeness (QED) is 0.242. The van der Waals surface area contributed by atoms with E-state index in [9.17, 15) is 4.79 Å². The lowest BCUT2D eigenvalue weighted by molar-refractivity contribution is 0.0696.